The van der Waals surface area contributed by atoms with Crippen LogP contribution in [0.2, 0.25) is 0 Å². The fourth-order valence-electron chi connectivity index (χ4n) is 4.34. The fourth-order valence-corrected chi connectivity index (χ4v) is 4.34. The Kier molecular flexibility index (Phi) is 4.97. The first-order chi connectivity index (χ1) is 14.3. The van der Waals surface area contributed by atoms with Gasteiger partial charge in [-0.05, 0) is 61.6 Å². The highest BCUT2D eigenvalue weighted by atomic mass is 16.2. The summed E-state index contributed by atoms with van der Waals surface area (Å²) in [6, 6.07) is 13.6. The van der Waals surface area contributed by atoms with Gasteiger partial charge in [-0.1, -0.05) is 24.3 Å². The van der Waals surface area contributed by atoms with Crippen LogP contribution in [-0.4, -0.2) is 42.9 Å². The fraction of sp³-hybridized carbons (Fsp3) is 0.348. The topological polar surface area (TPSA) is 81.8 Å². The van der Waals surface area contributed by atoms with Crippen molar-refractivity contribution in [3.05, 3.63) is 59.7 Å². The maximum absolute atomic E-state index is 13.4. The third-order valence-corrected chi connectivity index (χ3v) is 6.02. The second-order valence-corrected chi connectivity index (χ2v) is 8.13. The molecule has 7 heteroatoms. The van der Waals surface area contributed by atoms with Crippen molar-refractivity contribution in [1.29, 1.82) is 0 Å². The molecular weight excluding hydrogens is 380 g/mol. The first-order valence-corrected chi connectivity index (χ1v) is 10.2. The minimum atomic E-state index is -1.08. The molecule has 1 fully saturated rings. The van der Waals surface area contributed by atoms with Crippen LogP contribution in [0.5, 0.6) is 0 Å². The van der Waals surface area contributed by atoms with E-state index in [0.29, 0.717) is 12.1 Å². The van der Waals surface area contributed by atoms with E-state index in [-0.39, 0.29) is 5.91 Å². The van der Waals surface area contributed by atoms with E-state index in [1.54, 1.807) is 19.1 Å². The summed E-state index contributed by atoms with van der Waals surface area (Å²) < 4.78 is 0. The zero-order chi connectivity index (χ0) is 21.5. The SMILES string of the molecule is C[C@@H](C(=O)Nc1ccc(N(C)C)cc1)N1C(=O)N[C@@]2(CCCc3ccccc32)C1=O. The summed E-state index contributed by atoms with van der Waals surface area (Å²) in [5, 5.41) is 5.70. The van der Waals surface area contributed by atoms with Crippen LogP contribution in [0, 0.1) is 0 Å². The monoisotopic (exact) mass is 406 g/mol. The van der Waals surface area contributed by atoms with Crippen molar-refractivity contribution in [2.75, 3.05) is 24.3 Å². The summed E-state index contributed by atoms with van der Waals surface area (Å²) in [5.41, 5.74) is 2.45. The molecule has 1 heterocycles. The molecule has 2 aromatic rings. The van der Waals surface area contributed by atoms with E-state index in [4.69, 9.17) is 0 Å². The highest BCUT2D eigenvalue weighted by Crippen LogP contribution is 2.40. The third-order valence-electron chi connectivity index (χ3n) is 6.02. The van der Waals surface area contributed by atoms with Crippen LogP contribution < -0.4 is 15.5 Å². The van der Waals surface area contributed by atoms with Gasteiger partial charge in [0.2, 0.25) is 5.91 Å². The van der Waals surface area contributed by atoms with E-state index in [1.807, 2.05) is 55.4 Å². The van der Waals surface area contributed by atoms with Gasteiger partial charge in [0, 0.05) is 25.5 Å². The second-order valence-electron chi connectivity index (χ2n) is 8.13. The number of hydrogen-bond acceptors (Lipinski definition) is 4. The molecule has 0 bridgehead atoms. The minimum absolute atomic E-state index is 0.356. The Labute approximate surface area is 176 Å². The van der Waals surface area contributed by atoms with E-state index in [1.165, 1.54) is 0 Å². The Morgan fingerprint density at radius 3 is 2.53 bits per heavy atom. The van der Waals surface area contributed by atoms with Gasteiger partial charge in [-0.15, -0.1) is 0 Å². The van der Waals surface area contributed by atoms with Crippen LogP contribution in [0.1, 0.15) is 30.9 Å². The molecule has 7 nitrogen and oxygen atoms in total. The molecule has 0 unspecified atom stereocenters. The van der Waals surface area contributed by atoms with Crippen molar-refractivity contribution in [1.82, 2.24) is 10.2 Å². The lowest BCUT2D eigenvalue weighted by molar-refractivity contribution is -0.137. The van der Waals surface area contributed by atoms with Crippen molar-refractivity contribution in [3.63, 3.8) is 0 Å². The van der Waals surface area contributed by atoms with Gasteiger partial charge in [0.25, 0.3) is 5.91 Å². The molecule has 1 saturated heterocycles. The molecule has 4 rings (SSSR count). The molecule has 2 aromatic carbocycles. The number of fused-ring (bicyclic) bond motifs is 2. The average molecular weight is 406 g/mol. The van der Waals surface area contributed by atoms with Crippen LogP contribution >= 0.6 is 0 Å². The zero-order valence-electron chi connectivity index (χ0n) is 17.4. The molecule has 0 radical (unpaired) electrons. The number of carbonyl (C=O) groups excluding carboxylic acids is 3. The lowest BCUT2D eigenvalue weighted by Gasteiger charge is -2.33. The summed E-state index contributed by atoms with van der Waals surface area (Å²) in [4.78, 5) is 42.1. The Morgan fingerprint density at radius 1 is 1.13 bits per heavy atom. The predicted molar refractivity (Wildman–Crippen MR) is 115 cm³/mol. The maximum Gasteiger partial charge on any atom is 0.326 e. The molecule has 2 N–H and O–H groups in total. The molecule has 4 amide bonds. The third kappa shape index (κ3) is 3.20. The lowest BCUT2D eigenvalue weighted by Crippen LogP contribution is -2.49. The van der Waals surface area contributed by atoms with E-state index in [2.05, 4.69) is 10.6 Å². The molecule has 2 atom stereocenters. The summed E-state index contributed by atoms with van der Waals surface area (Å²) in [6.45, 7) is 1.58. The maximum atomic E-state index is 13.4. The van der Waals surface area contributed by atoms with Crippen molar-refractivity contribution < 1.29 is 14.4 Å². The highest BCUT2D eigenvalue weighted by Gasteiger charge is 2.55. The van der Waals surface area contributed by atoms with Gasteiger partial charge < -0.3 is 15.5 Å². The van der Waals surface area contributed by atoms with E-state index >= 15 is 0 Å². The molecule has 30 heavy (non-hydrogen) atoms. The van der Waals surface area contributed by atoms with Crippen LogP contribution in [0.25, 0.3) is 0 Å². The van der Waals surface area contributed by atoms with Gasteiger partial charge >= 0.3 is 6.03 Å². The number of anilines is 2. The number of amides is 4. The first-order valence-electron chi connectivity index (χ1n) is 10.2. The van der Waals surface area contributed by atoms with E-state index in [9.17, 15) is 14.4 Å². The number of aryl methyl sites for hydroxylation is 1. The number of nitrogens with zero attached hydrogens (tertiary/aromatic N) is 2. The normalized spacial score (nSPS) is 21.2. The zero-order valence-corrected chi connectivity index (χ0v) is 17.4. The number of rotatable bonds is 4. The lowest BCUT2D eigenvalue weighted by atomic mass is 9.76. The number of carbonyl (C=O) groups is 3. The number of imide groups is 1. The highest BCUT2D eigenvalue weighted by molar-refractivity contribution is 6.11. The largest absolute Gasteiger partial charge is 0.378 e. The molecule has 0 saturated carbocycles. The number of benzene rings is 2. The van der Waals surface area contributed by atoms with Gasteiger partial charge in [0.05, 0.1) is 0 Å². The first kappa shape index (κ1) is 19.9. The Bertz CT molecular complexity index is 1000. The van der Waals surface area contributed by atoms with Crippen molar-refractivity contribution in [3.8, 4) is 0 Å². The number of hydrogen-bond donors (Lipinski definition) is 2. The molecule has 1 aliphatic heterocycles. The standard InChI is InChI=1S/C23H26N4O3/c1-15(20(28)24-17-10-12-18(13-11-17)26(2)3)27-21(29)23(25-22(27)30)14-6-8-16-7-4-5-9-19(16)23/h4-5,7,9-13,15H,6,8,14H2,1-3H3,(H,24,28)(H,25,30)/t15-,23+/m0/s1. The Morgan fingerprint density at radius 2 is 1.83 bits per heavy atom. The van der Waals surface area contributed by atoms with Crippen LogP contribution in [0.3, 0.4) is 0 Å². The van der Waals surface area contributed by atoms with Crippen molar-refractivity contribution in [2.24, 2.45) is 0 Å². The van der Waals surface area contributed by atoms with Crippen LogP contribution in [-0.2, 0) is 21.5 Å². The summed E-state index contributed by atoms with van der Waals surface area (Å²) >= 11 is 0. The van der Waals surface area contributed by atoms with Crippen LogP contribution in [0.15, 0.2) is 48.5 Å². The summed E-state index contributed by atoms with van der Waals surface area (Å²) in [7, 11) is 3.87. The molecule has 0 aromatic heterocycles. The Balaban J connectivity index is 1.55. The van der Waals surface area contributed by atoms with Crippen molar-refractivity contribution in [2.45, 2.75) is 37.8 Å². The summed E-state index contributed by atoms with van der Waals surface area (Å²) in [5.74, 6) is -0.762. The van der Waals surface area contributed by atoms with Gasteiger partial charge in [-0.2, -0.15) is 0 Å². The molecule has 156 valence electrons. The molecule has 1 spiro atoms. The van der Waals surface area contributed by atoms with Crippen molar-refractivity contribution >= 4 is 29.2 Å². The van der Waals surface area contributed by atoms with Gasteiger partial charge in [-0.25, -0.2) is 9.69 Å². The second kappa shape index (κ2) is 7.48. The van der Waals surface area contributed by atoms with Gasteiger partial charge in [0.1, 0.15) is 11.6 Å². The minimum Gasteiger partial charge on any atom is -0.378 e. The summed E-state index contributed by atoms with van der Waals surface area (Å²) in [6.07, 6.45) is 2.21. The number of nitrogens with one attached hydrogen (secondary N) is 2. The van der Waals surface area contributed by atoms with Gasteiger partial charge in [0.15, 0.2) is 0 Å². The smallest absolute Gasteiger partial charge is 0.326 e. The predicted octanol–water partition coefficient (Wildman–Crippen LogP) is 2.86. The van der Waals surface area contributed by atoms with Gasteiger partial charge in [-0.3, -0.25) is 9.59 Å². The molecule has 2 aliphatic rings. The number of urea groups is 1. The molecule has 1 aliphatic carbocycles. The molecular formula is C23H26N4O3. The Hall–Kier alpha value is -3.35. The average Bonchev–Trinajstić information content (AvgIpc) is 2.98. The van der Waals surface area contributed by atoms with E-state index < -0.39 is 23.5 Å². The van der Waals surface area contributed by atoms with E-state index in [0.717, 1.165) is 34.6 Å². The van der Waals surface area contributed by atoms with Crippen LogP contribution in [0.4, 0.5) is 16.2 Å². The quantitative estimate of drug-likeness (QED) is 0.765.